The van der Waals surface area contributed by atoms with Crippen molar-refractivity contribution >= 4 is 35.6 Å². The summed E-state index contributed by atoms with van der Waals surface area (Å²) in [7, 11) is 1.67. The van der Waals surface area contributed by atoms with Gasteiger partial charge in [-0.25, -0.2) is 4.39 Å². The Hall–Kier alpha value is -2.07. The van der Waals surface area contributed by atoms with Gasteiger partial charge in [-0.15, -0.1) is 24.0 Å². The average molecular weight is 529 g/mol. The van der Waals surface area contributed by atoms with Gasteiger partial charge in [0.05, 0.1) is 13.2 Å². The molecule has 0 saturated carbocycles. The summed E-state index contributed by atoms with van der Waals surface area (Å²) in [5.74, 6) is 1.91. The van der Waals surface area contributed by atoms with Crippen LogP contribution in [0.15, 0.2) is 47.5 Å². The minimum atomic E-state index is -0.191. The lowest BCUT2D eigenvalue weighted by Gasteiger charge is -2.15. The Balaban J connectivity index is 0.00000320. The number of guanidine groups is 1. The van der Waals surface area contributed by atoms with E-state index in [0.717, 1.165) is 30.0 Å². The second-order valence-electron chi connectivity index (χ2n) is 6.68. The smallest absolute Gasteiger partial charge is 0.195 e. The molecule has 1 aliphatic rings. The van der Waals surface area contributed by atoms with Gasteiger partial charge in [0.1, 0.15) is 5.82 Å². The number of methoxy groups -OCH3 is 1. The van der Waals surface area contributed by atoms with Crippen LogP contribution in [-0.2, 0) is 11.2 Å². The fourth-order valence-corrected chi connectivity index (χ4v) is 2.93. The van der Waals surface area contributed by atoms with Crippen LogP contribution in [0.2, 0.25) is 0 Å². The molecule has 1 heterocycles. The zero-order valence-electron chi connectivity index (χ0n) is 17.2. The van der Waals surface area contributed by atoms with Crippen molar-refractivity contribution in [1.29, 1.82) is 0 Å². The highest BCUT2D eigenvalue weighted by atomic mass is 127. The summed E-state index contributed by atoms with van der Waals surface area (Å²) in [6.07, 6.45) is 2.24. The fourth-order valence-electron chi connectivity index (χ4n) is 2.93. The highest BCUT2D eigenvalue weighted by Crippen LogP contribution is 2.32. The van der Waals surface area contributed by atoms with E-state index in [1.807, 2.05) is 24.3 Å². The molecule has 0 bridgehead atoms. The second kappa shape index (κ2) is 13.3. The molecule has 3 rings (SSSR count). The quantitative estimate of drug-likeness (QED) is 0.232. The molecule has 0 atom stereocenters. The lowest BCUT2D eigenvalue weighted by molar-refractivity contribution is 0.197. The van der Waals surface area contributed by atoms with Crippen LogP contribution in [0.25, 0.3) is 0 Å². The molecule has 2 aromatic rings. The Bertz CT molecular complexity index is 820. The minimum absolute atomic E-state index is 0. The van der Waals surface area contributed by atoms with E-state index in [1.165, 1.54) is 6.07 Å². The molecule has 0 saturated heterocycles. The van der Waals surface area contributed by atoms with Crippen LogP contribution < -0.4 is 20.1 Å². The van der Waals surface area contributed by atoms with Crippen molar-refractivity contribution in [2.24, 2.45) is 4.99 Å². The van der Waals surface area contributed by atoms with Crippen LogP contribution in [0.4, 0.5) is 10.1 Å². The highest BCUT2D eigenvalue weighted by molar-refractivity contribution is 14.0. The summed E-state index contributed by atoms with van der Waals surface area (Å²) >= 11 is 0. The second-order valence-corrected chi connectivity index (χ2v) is 6.68. The van der Waals surface area contributed by atoms with Gasteiger partial charge >= 0.3 is 0 Å². The Morgan fingerprint density at radius 1 is 1.13 bits per heavy atom. The third-order valence-corrected chi connectivity index (χ3v) is 4.43. The normalized spacial score (nSPS) is 13.2. The van der Waals surface area contributed by atoms with Crippen LogP contribution in [0, 0.1) is 5.82 Å². The first-order chi connectivity index (χ1) is 14.3. The van der Waals surface area contributed by atoms with Gasteiger partial charge < -0.3 is 24.8 Å². The van der Waals surface area contributed by atoms with Gasteiger partial charge in [-0.3, -0.25) is 4.99 Å². The molecule has 0 radical (unpaired) electrons. The number of hydrogen-bond donors (Lipinski definition) is 2. The van der Waals surface area contributed by atoms with E-state index in [2.05, 4.69) is 15.6 Å². The van der Waals surface area contributed by atoms with Crippen molar-refractivity contribution < 1.29 is 18.6 Å². The van der Waals surface area contributed by atoms with Crippen molar-refractivity contribution in [2.75, 3.05) is 45.3 Å². The van der Waals surface area contributed by atoms with Gasteiger partial charge in [0.25, 0.3) is 0 Å². The van der Waals surface area contributed by atoms with Gasteiger partial charge in [0.2, 0.25) is 0 Å². The maximum Gasteiger partial charge on any atom is 0.195 e. The molecule has 30 heavy (non-hydrogen) atoms. The first-order valence-electron chi connectivity index (χ1n) is 9.93. The van der Waals surface area contributed by atoms with E-state index in [1.54, 1.807) is 19.2 Å². The number of nitrogens with zero attached hydrogens (tertiary/aromatic N) is 1. The summed E-state index contributed by atoms with van der Waals surface area (Å²) < 4.78 is 30.3. The summed E-state index contributed by atoms with van der Waals surface area (Å²) in [6.45, 7) is 3.12. The third-order valence-electron chi connectivity index (χ3n) is 4.43. The highest BCUT2D eigenvalue weighted by Gasteiger charge is 2.11. The van der Waals surface area contributed by atoms with E-state index in [9.17, 15) is 4.39 Å². The fraction of sp³-hybridized carbons (Fsp3) is 0.409. The monoisotopic (exact) mass is 529 g/mol. The molecule has 2 N–H and O–H groups in total. The molecule has 164 valence electrons. The predicted octanol–water partition coefficient (Wildman–Crippen LogP) is 4.24. The lowest BCUT2D eigenvalue weighted by atomic mass is 10.1. The number of hydrogen-bond acceptors (Lipinski definition) is 4. The SMILES string of the molecule is COCCCN=C(NCCc1ccccc1F)Nc1ccc2c(c1)OCCCO2.I. The van der Waals surface area contributed by atoms with Gasteiger partial charge in [-0.2, -0.15) is 0 Å². The average Bonchev–Trinajstić information content (AvgIpc) is 2.97. The number of fused-ring (bicyclic) bond motifs is 1. The van der Waals surface area contributed by atoms with Gasteiger partial charge in [0.15, 0.2) is 17.5 Å². The number of rotatable bonds is 8. The van der Waals surface area contributed by atoms with Gasteiger partial charge in [-0.1, -0.05) is 18.2 Å². The van der Waals surface area contributed by atoms with Crippen LogP contribution >= 0.6 is 24.0 Å². The third kappa shape index (κ3) is 7.64. The summed E-state index contributed by atoms with van der Waals surface area (Å²) in [6, 6.07) is 12.5. The zero-order valence-corrected chi connectivity index (χ0v) is 19.5. The number of anilines is 1. The molecule has 8 heteroatoms. The Labute approximate surface area is 194 Å². The van der Waals surface area contributed by atoms with Crippen LogP contribution in [-0.4, -0.2) is 46.0 Å². The first-order valence-corrected chi connectivity index (χ1v) is 9.93. The number of halogens is 2. The molecule has 0 aromatic heterocycles. The van der Waals surface area contributed by atoms with E-state index < -0.39 is 0 Å². The number of nitrogens with one attached hydrogen (secondary N) is 2. The molecule has 0 spiro atoms. The molecule has 6 nitrogen and oxygen atoms in total. The lowest BCUT2D eigenvalue weighted by Crippen LogP contribution is -2.33. The van der Waals surface area contributed by atoms with Gasteiger partial charge in [-0.05, 0) is 36.6 Å². The van der Waals surface area contributed by atoms with E-state index in [0.29, 0.717) is 50.9 Å². The number of ether oxygens (including phenoxy) is 3. The van der Waals surface area contributed by atoms with Crippen LogP contribution in [0.3, 0.4) is 0 Å². The van der Waals surface area contributed by atoms with Crippen molar-refractivity contribution in [2.45, 2.75) is 19.3 Å². The predicted molar refractivity (Wildman–Crippen MR) is 128 cm³/mol. The Morgan fingerprint density at radius 2 is 1.93 bits per heavy atom. The van der Waals surface area contributed by atoms with Crippen molar-refractivity contribution in [3.63, 3.8) is 0 Å². The van der Waals surface area contributed by atoms with Crippen LogP contribution in [0.1, 0.15) is 18.4 Å². The van der Waals surface area contributed by atoms with Crippen molar-refractivity contribution in [1.82, 2.24) is 5.32 Å². The topological polar surface area (TPSA) is 64.1 Å². The van der Waals surface area contributed by atoms with E-state index >= 15 is 0 Å². The number of benzene rings is 2. The molecule has 0 unspecified atom stereocenters. The maximum atomic E-state index is 13.8. The van der Waals surface area contributed by atoms with Crippen molar-refractivity contribution in [3.05, 3.63) is 53.8 Å². The molecular formula is C22H29FIN3O3. The Morgan fingerprint density at radius 3 is 2.73 bits per heavy atom. The Kier molecular flexibility index (Phi) is 10.7. The molecule has 0 amide bonds. The molecule has 0 fully saturated rings. The van der Waals surface area contributed by atoms with Crippen LogP contribution in [0.5, 0.6) is 11.5 Å². The molecule has 1 aliphatic heterocycles. The largest absolute Gasteiger partial charge is 0.490 e. The molecule has 0 aliphatic carbocycles. The van der Waals surface area contributed by atoms with Gasteiger partial charge in [0, 0.05) is 45.0 Å². The number of aliphatic imine (C=N–C) groups is 1. The van der Waals surface area contributed by atoms with E-state index in [-0.39, 0.29) is 29.8 Å². The maximum absolute atomic E-state index is 13.8. The van der Waals surface area contributed by atoms with E-state index in [4.69, 9.17) is 14.2 Å². The molecular weight excluding hydrogens is 500 g/mol. The zero-order chi connectivity index (χ0) is 20.3. The first kappa shape index (κ1) is 24.2. The standard InChI is InChI=1S/C22H28FN3O3.HI/c1-27-13-4-11-24-22(25-12-10-17-6-2-3-7-19(17)23)26-18-8-9-20-21(16-18)29-15-5-14-28-20;/h2-3,6-9,16H,4-5,10-15H2,1H3,(H2,24,25,26);1H. The summed E-state index contributed by atoms with van der Waals surface area (Å²) in [5, 5.41) is 6.57. The minimum Gasteiger partial charge on any atom is -0.490 e. The summed E-state index contributed by atoms with van der Waals surface area (Å²) in [5.41, 5.74) is 1.52. The summed E-state index contributed by atoms with van der Waals surface area (Å²) in [4.78, 5) is 4.59. The molecule has 2 aromatic carbocycles. The van der Waals surface area contributed by atoms with Crippen molar-refractivity contribution in [3.8, 4) is 11.5 Å².